The summed E-state index contributed by atoms with van der Waals surface area (Å²) in [6.07, 6.45) is 0. The van der Waals surface area contributed by atoms with E-state index < -0.39 is 10.0 Å². The Hall–Kier alpha value is -2.09. The van der Waals surface area contributed by atoms with Crippen molar-refractivity contribution in [1.29, 1.82) is 0 Å². The first-order valence-electron chi connectivity index (χ1n) is 8.52. The van der Waals surface area contributed by atoms with Crippen LogP contribution in [-0.4, -0.2) is 41.0 Å². The van der Waals surface area contributed by atoms with Crippen LogP contribution in [0.1, 0.15) is 15.9 Å². The van der Waals surface area contributed by atoms with E-state index >= 15 is 0 Å². The molecule has 27 heavy (non-hydrogen) atoms. The maximum atomic E-state index is 12.9. The van der Waals surface area contributed by atoms with Gasteiger partial charge in [0.25, 0.3) is 15.9 Å². The van der Waals surface area contributed by atoms with Crippen LogP contribution in [0.2, 0.25) is 0 Å². The molecule has 1 heterocycles. The lowest BCUT2D eigenvalue weighted by atomic mass is 10.0. The number of benzene rings is 2. The van der Waals surface area contributed by atoms with Crippen LogP contribution in [0.5, 0.6) is 0 Å². The molecule has 1 saturated heterocycles. The molecule has 6 nitrogen and oxygen atoms in total. The normalized spacial score (nSPS) is 14.0. The third-order valence-electron chi connectivity index (χ3n) is 4.57. The molecular weight excluding hydrogens is 386 g/mol. The lowest BCUT2D eigenvalue weighted by Crippen LogP contribution is -2.48. The van der Waals surface area contributed by atoms with Gasteiger partial charge in [-0.05, 0) is 37.3 Å². The smallest absolute Gasteiger partial charge is 0.264 e. The second kappa shape index (κ2) is 8.73. The van der Waals surface area contributed by atoms with Gasteiger partial charge >= 0.3 is 0 Å². The first-order valence-corrected chi connectivity index (χ1v) is 9.96. The molecule has 3 rings (SSSR count). The lowest BCUT2D eigenvalue weighted by Gasteiger charge is -2.27. The summed E-state index contributed by atoms with van der Waals surface area (Å²) in [6, 6.07) is 13.4. The van der Waals surface area contributed by atoms with Gasteiger partial charge in [-0.1, -0.05) is 23.8 Å². The maximum absolute atomic E-state index is 12.9. The van der Waals surface area contributed by atoms with Gasteiger partial charge in [0.2, 0.25) is 0 Å². The molecular formula is C19H24ClN3O3S. The molecule has 1 aliphatic rings. The van der Waals surface area contributed by atoms with Crippen LogP contribution in [0.3, 0.4) is 0 Å². The van der Waals surface area contributed by atoms with Gasteiger partial charge in [0.05, 0.1) is 10.6 Å². The molecule has 0 spiro atoms. The van der Waals surface area contributed by atoms with Crippen molar-refractivity contribution in [2.75, 3.05) is 31.0 Å². The Balaban J connectivity index is 0.00000261. The second-order valence-electron chi connectivity index (χ2n) is 6.57. The predicted molar refractivity (Wildman–Crippen MR) is 109 cm³/mol. The van der Waals surface area contributed by atoms with Gasteiger partial charge in [-0.3, -0.25) is 9.10 Å². The number of carbonyl (C=O) groups excluding carboxylic acids is 1. The molecule has 0 aromatic heterocycles. The monoisotopic (exact) mass is 409 g/mol. The number of rotatable bonds is 6. The molecule has 0 radical (unpaired) electrons. The van der Waals surface area contributed by atoms with E-state index in [1.165, 1.54) is 23.5 Å². The molecule has 1 aliphatic heterocycles. The summed E-state index contributed by atoms with van der Waals surface area (Å²) in [7, 11) is -2.23. The Kier molecular flexibility index (Phi) is 6.86. The Morgan fingerprint density at radius 1 is 1.19 bits per heavy atom. The van der Waals surface area contributed by atoms with E-state index in [0.717, 1.165) is 18.7 Å². The minimum Gasteiger partial charge on any atom is -0.352 e. The predicted octanol–water partition coefficient (Wildman–Crippen LogP) is 2.19. The summed E-state index contributed by atoms with van der Waals surface area (Å²) < 4.78 is 27.0. The highest BCUT2D eigenvalue weighted by molar-refractivity contribution is 7.92. The van der Waals surface area contributed by atoms with Crippen LogP contribution in [0.4, 0.5) is 5.69 Å². The van der Waals surface area contributed by atoms with E-state index in [1.54, 1.807) is 24.3 Å². The summed E-state index contributed by atoms with van der Waals surface area (Å²) in [4.78, 5) is 12.4. The van der Waals surface area contributed by atoms with Crippen molar-refractivity contribution in [3.05, 3.63) is 59.7 Å². The Morgan fingerprint density at radius 3 is 2.44 bits per heavy atom. The van der Waals surface area contributed by atoms with Gasteiger partial charge < -0.3 is 10.6 Å². The molecule has 0 atom stereocenters. The van der Waals surface area contributed by atoms with Crippen molar-refractivity contribution in [2.45, 2.75) is 11.8 Å². The largest absolute Gasteiger partial charge is 0.352 e. The molecule has 1 fully saturated rings. The zero-order valence-corrected chi connectivity index (χ0v) is 16.9. The van der Waals surface area contributed by atoms with E-state index in [1.807, 2.05) is 19.1 Å². The van der Waals surface area contributed by atoms with Crippen molar-refractivity contribution >= 4 is 34.0 Å². The summed E-state index contributed by atoms with van der Waals surface area (Å²) in [6.45, 7) is 4.33. The number of carbonyl (C=O) groups is 1. The molecule has 146 valence electrons. The number of halogens is 1. The second-order valence-corrected chi connectivity index (χ2v) is 8.54. The number of hydrogen-bond acceptors (Lipinski definition) is 4. The molecule has 2 aromatic carbocycles. The maximum Gasteiger partial charge on any atom is 0.264 e. The van der Waals surface area contributed by atoms with Crippen molar-refractivity contribution in [3.8, 4) is 0 Å². The average molecular weight is 410 g/mol. The highest BCUT2D eigenvalue weighted by Crippen LogP contribution is 2.23. The van der Waals surface area contributed by atoms with Gasteiger partial charge in [0, 0.05) is 38.2 Å². The molecule has 1 amide bonds. The van der Waals surface area contributed by atoms with E-state index in [-0.39, 0.29) is 23.2 Å². The Labute approximate surface area is 166 Å². The van der Waals surface area contributed by atoms with E-state index in [9.17, 15) is 13.2 Å². The molecule has 2 aromatic rings. The fourth-order valence-corrected chi connectivity index (χ4v) is 3.92. The van der Waals surface area contributed by atoms with Gasteiger partial charge in [0.15, 0.2) is 0 Å². The molecule has 0 unspecified atom stereocenters. The standard InChI is InChI=1S/C19H23N3O3S.ClH/c1-14-6-8-17(9-7-14)22(2)26(24,25)18-5-3-4-16(10-18)19(23)21-13-15-11-20-12-15;/h3-10,15,20H,11-13H2,1-2H3,(H,21,23);1H. The molecule has 0 saturated carbocycles. The minimum absolute atomic E-state index is 0. The Morgan fingerprint density at radius 2 is 1.85 bits per heavy atom. The van der Waals surface area contributed by atoms with E-state index in [2.05, 4.69) is 10.6 Å². The van der Waals surface area contributed by atoms with Crippen LogP contribution >= 0.6 is 12.4 Å². The van der Waals surface area contributed by atoms with Crippen LogP contribution < -0.4 is 14.9 Å². The summed E-state index contributed by atoms with van der Waals surface area (Å²) in [5.41, 5.74) is 1.97. The van der Waals surface area contributed by atoms with Gasteiger partial charge in [-0.2, -0.15) is 0 Å². The zero-order chi connectivity index (χ0) is 18.7. The molecule has 0 aliphatic carbocycles. The first kappa shape index (κ1) is 21.2. The topological polar surface area (TPSA) is 78.5 Å². The fraction of sp³-hybridized carbons (Fsp3) is 0.316. The number of nitrogens with one attached hydrogen (secondary N) is 2. The quantitative estimate of drug-likeness (QED) is 0.766. The summed E-state index contributed by atoms with van der Waals surface area (Å²) in [5.74, 6) is 0.186. The van der Waals surface area contributed by atoms with Gasteiger partial charge in [0.1, 0.15) is 0 Å². The molecule has 2 N–H and O–H groups in total. The van der Waals surface area contributed by atoms with Crippen LogP contribution in [0.25, 0.3) is 0 Å². The van der Waals surface area contributed by atoms with Gasteiger partial charge in [-0.15, -0.1) is 12.4 Å². The van der Waals surface area contributed by atoms with Crippen molar-refractivity contribution in [3.63, 3.8) is 0 Å². The van der Waals surface area contributed by atoms with Crippen LogP contribution in [0, 0.1) is 12.8 Å². The summed E-state index contributed by atoms with van der Waals surface area (Å²) in [5, 5.41) is 6.01. The minimum atomic E-state index is -3.74. The van der Waals surface area contributed by atoms with E-state index in [4.69, 9.17) is 0 Å². The third-order valence-corrected chi connectivity index (χ3v) is 6.35. The average Bonchev–Trinajstić information content (AvgIpc) is 2.60. The number of aryl methyl sites for hydroxylation is 1. The third kappa shape index (κ3) is 4.80. The molecule has 8 heteroatoms. The summed E-state index contributed by atoms with van der Waals surface area (Å²) >= 11 is 0. The number of anilines is 1. The first-order chi connectivity index (χ1) is 12.4. The Bertz CT molecular complexity index is 897. The van der Waals surface area contributed by atoms with Crippen LogP contribution in [-0.2, 0) is 10.0 Å². The fourth-order valence-electron chi connectivity index (χ4n) is 2.68. The van der Waals surface area contributed by atoms with Crippen molar-refractivity contribution in [1.82, 2.24) is 10.6 Å². The SMILES string of the molecule is Cc1ccc(N(C)S(=O)(=O)c2cccc(C(=O)NCC3CNC3)c2)cc1.Cl. The number of amides is 1. The molecule has 0 bridgehead atoms. The highest BCUT2D eigenvalue weighted by Gasteiger charge is 2.23. The van der Waals surface area contributed by atoms with Crippen molar-refractivity contribution < 1.29 is 13.2 Å². The van der Waals surface area contributed by atoms with Crippen LogP contribution in [0.15, 0.2) is 53.4 Å². The van der Waals surface area contributed by atoms with E-state index in [0.29, 0.717) is 23.7 Å². The zero-order valence-electron chi connectivity index (χ0n) is 15.3. The van der Waals surface area contributed by atoms with Gasteiger partial charge in [-0.25, -0.2) is 8.42 Å². The lowest BCUT2D eigenvalue weighted by molar-refractivity contribution is 0.0942. The van der Waals surface area contributed by atoms with Crippen molar-refractivity contribution in [2.24, 2.45) is 5.92 Å². The number of nitrogens with zero attached hydrogens (tertiary/aromatic N) is 1. The number of sulfonamides is 1. The highest BCUT2D eigenvalue weighted by atomic mass is 35.5. The number of hydrogen-bond donors (Lipinski definition) is 2.